The third-order valence-electron chi connectivity index (χ3n) is 6.55. The highest BCUT2D eigenvalue weighted by Crippen LogP contribution is 2.47. The van der Waals surface area contributed by atoms with Gasteiger partial charge in [0.05, 0.1) is 20.3 Å². The van der Waals surface area contributed by atoms with Crippen LogP contribution in [0.15, 0.2) is 54.6 Å². The molecule has 36 heavy (non-hydrogen) atoms. The number of methoxy groups -OCH3 is 2. The number of carbonyl (C=O) groups excluding carboxylic acids is 1. The number of hydrogen-bond donors (Lipinski definition) is 2. The van der Waals surface area contributed by atoms with Gasteiger partial charge in [-0.15, -0.1) is 0 Å². The second-order valence-electron chi connectivity index (χ2n) is 8.91. The fourth-order valence-electron chi connectivity index (χ4n) is 4.96. The summed E-state index contributed by atoms with van der Waals surface area (Å²) in [6.07, 6.45) is 0. The molecular formula is C28H26FN3O4. The number of nitrogens with zero attached hydrogens (tertiary/aromatic N) is 2. The fourth-order valence-corrected chi connectivity index (χ4v) is 4.96. The van der Waals surface area contributed by atoms with Crippen molar-refractivity contribution in [2.75, 3.05) is 14.2 Å². The number of fused-ring (bicyclic) bond motifs is 1. The average Bonchev–Trinajstić information content (AvgIpc) is 3.38. The highest BCUT2D eigenvalue weighted by atomic mass is 19.1. The monoisotopic (exact) mass is 487 g/mol. The molecule has 0 bridgehead atoms. The van der Waals surface area contributed by atoms with Crippen LogP contribution >= 0.6 is 0 Å². The number of hydrogen-bond acceptors (Lipinski definition) is 5. The standard InChI is InChI=1S/C28H26FN3O4/c1-15-11-16(2)23(20(33)12-15)25-24-26(31-30-25)28(34)32(14-17-5-8-19(29)9-6-17)27(24)18-7-10-21(35-3)22(13-18)36-4/h5-13,27,33H,14H2,1-4H3,(H,30,31). The first-order valence-corrected chi connectivity index (χ1v) is 11.5. The van der Waals surface area contributed by atoms with Crippen molar-refractivity contribution in [1.29, 1.82) is 0 Å². The van der Waals surface area contributed by atoms with Gasteiger partial charge in [-0.3, -0.25) is 9.89 Å². The van der Waals surface area contributed by atoms with Crippen LogP contribution in [0.4, 0.5) is 4.39 Å². The van der Waals surface area contributed by atoms with E-state index >= 15 is 0 Å². The van der Waals surface area contributed by atoms with E-state index in [4.69, 9.17) is 9.47 Å². The highest BCUT2D eigenvalue weighted by molar-refractivity contribution is 6.00. The SMILES string of the molecule is COc1ccc(C2c3c(-c4c(C)cc(C)cc4O)n[nH]c3C(=O)N2Cc2ccc(F)cc2)cc1OC. The lowest BCUT2D eigenvalue weighted by atomic mass is 9.93. The Morgan fingerprint density at radius 2 is 1.75 bits per heavy atom. The number of aromatic nitrogens is 2. The molecular weight excluding hydrogens is 461 g/mol. The van der Waals surface area contributed by atoms with Crippen LogP contribution in [0.3, 0.4) is 0 Å². The van der Waals surface area contributed by atoms with Crippen LogP contribution < -0.4 is 9.47 Å². The normalized spacial score (nSPS) is 14.8. The molecule has 0 spiro atoms. The third-order valence-corrected chi connectivity index (χ3v) is 6.55. The second kappa shape index (κ2) is 9.03. The van der Waals surface area contributed by atoms with Gasteiger partial charge in [-0.2, -0.15) is 5.10 Å². The van der Waals surface area contributed by atoms with Crippen LogP contribution in [0.1, 0.15) is 44.3 Å². The minimum atomic E-state index is -0.536. The molecule has 1 aliphatic heterocycles. The predicted molar refractivity (Wildman–Crippen MR) is 133 cm³/mol. The Hall–Kier alpha value is -4.33. The summed E-state index contributed by atoms with van der Waals surface area (Å²) in [7, 11) is 3.12. The molecule has 0 saturated heterocycles. The molecule has 7 nitrogen and oxygen atoms in total. The zero-order valence-electron chi connectivity index (χ0n) is 20.4. The first-order valence-electron chi connectivity index (χ1n) is 11.5. The van der Waals surface area contributed by atoms with E-state index in [1.54, 1.807) is 43.4 Å². The zero-order chi connectivity index (χ0) is 25.6. The number of phenols is 1. The number of amides is 1. The van der Waals surface area contributed by atoms with Gasteiger partial charge in [0.15, 0.2) is 11.5 Å². The maximum atomic E-state index is 13.7. The number of aryl methyl sites for hydroxylation is 2. The number of benzene rings is 3. The van der Waals surface area contributed by atoms with E-state index < -0.39 is 6.04 Å². The Bertz CT molecular complexity index is 1440. The first-order chi connectivity index (χ1) is 17.3. The van der Waals surface area contributed by atoms with Crippen LogP contribution in [0.25, 0.3) is 11.3 Å². The number of nitrogens with one attached hydrogen (secondary N) is 1. The predicted octanol–water partition coefficient (Wildman–Crippen LogP) is 5.30. The van der Waals surface area contributed by atoms with Crippen molar-refractivity contribution in [1.82, 2.24) is 15.1 Å². The summed E-state index contributed by atoms with van der Waals surface area (Å²) in [4.78, 5) is 15.4. The van der Waals surface area contributed by atoms with Crippen molar-refractivity contribution in [2.45, 2.75) is 26.4 Å². The molecule has 5 rings (SSSR count). The Balaban J connectivity index is 1.70. The largest absolute Gasteiger partial charge is 0.507 e. The molecule has 2 N–H and O–H groups in total. The topological polar surface area (TPSA) is 87.7 Å². The summed E-state index contributed by atoms with van der Waals surface area (Å²) in [5.41, 5.74) is 5.43. The van der Waals surface area contributed by atoms with Gasteiger partial charge >= 0.3 is 0 Å². The number of aromatic amines is 1. The number of carbonyl (C=O) groups is 1. The van der Waals surface area contributed by atoms with E-state index in [2.05, 4.69) is 10.2 Å². The van der Waals surface area contributed by atoms with Crippen molar-refractivity contribution in [3.8, 4) is 28.5 Å². The molecule has 0 aliphatic carbocycles. The quantitative estimate of drug-likeness (QED) is 0.385. The number of H-pyrrole nitrogens is 1. The first kappa shape index (κ1) is 23.4. The summed E-state index contributed by atoms with van der Waals surface area (Å²) in [6, 6.07) is 14.7. The Labute approximate surface area is 208 Å². The Morgan fingerprint density at radius 1 is 1.03 bits per heavy atom. The van der Waals surface area contributed by atoms with Gasteiger partial charge in [-0.1, -0.05) is 24.3 Å². The van der Waals surface area contributed by atoms with Crippen molar-refractivity contribution in [2.24, 2.45) is 0 Å². The number of halogens is 1. The Kier molecular flexibility index (Phi) is 5.88. The maximum absolute atomic E-state index is 13.7. The van der Waals surface area contributed by atoms with E-state index in [1.807, 2.05) is 32.0 Å². The molecule has 8 heteroatoms. The van der Waals surface area contributed by atoms with Crippen LogP contribution in [0.2, 0.25) is 0 Å². The summed E-state index contributed by atoms with van der Waals surface area (Å²) in [5.74, 6) is 0.603. The molecule has 3 aromatic carbocycles. The summed E-state index contributed by atoms with van der Waals surface area (Å²) < 4.78 is 24.5. The van der Waals surface area contributed by atoms with Gasteiger partial charge < -0.3 is 19.5 Å². The van der Waals surface area contributed by atoms with Gasteiger partial charge in [-0.25, -0.2) is 4.39 Å². The number of aromatic hydroxyl groups is 1. The molecule has 1 amide bonds. The molecule has 1 aliphatic rings. The number of phenolic OH excluding ortho intramolecular Hbond substituents is 1. The van der Waals surface area contributed by atoms with Crippen molar-refractivity contribution in [3.63, 3.8) is 0 Å². The fraction of sp³-hybridized carbons (Fsp3) is 0.214. The van der Waals surface area contributed by atoms with Gasteiger partial charge in [0, 0.05) is 17.7 Å². The molecule has 1 unspecified atom stereocenters. The minimum Gasteiger partial charge on any atom is -0.507 e. The van der Waals surface area contributed by atoms with E-state index in [9.17, 15) is 14.3 Å². The Morgan fingerprint density at radius 3 is 2.42 bits per heavy atom. The van der Waals surface area contributed by atoms with Crippen LogP contribution in [0.5, 0.6) is 17.2 Å². The zero-order valence-corrected chi connectivity index (χ0v) is 20.4. The van der Waals surface area contributed by atoms with Crippen molar-refractivity contribution in [3.05, 3.63) is 93.9 Å². The van der Waals surface area contributed by atoms with E-state index in [0.717, 1.165) is 22.3 Å². The average molecular weight is 488 g/mol. The third kappa shape index (κ3) is 3.84. The number of rotatable bonds is 6. The van der Waals surface area contributed by atoms with E-state index in [0.29, 0.717) is 34.0 Å². The van der Waals surface area contributed by atoms with Gasteiger partial charge in [0.1, 0.15) is 23.0 Å². The lowest BCUT2D eigenvalue weighted by molar-refractivity contribution is 0.0730. The summed E-state index contributed by atoms with van der Waals surface area (Å²) >= 11 is 0. The molecule has 2 heterocycles. The van der Waals surface area contributed by atoms with Crippen LogP contribution in [-0.2, 0) is 6.54 Å². The molecule has 4 aromatic rings. The molecule has 1 aromatic heterocycles. The van der Waals surface area contributed by atoms with Crippen LogP contribution in [-0.4, -0.2) is 40.3 Å². The molecule has 0 fully saturated rings. The lowest BCUT2D eigenvalue weighted by Crippen LogP contribution is -2.29. The molecule has 1 atom stereocenters. The van der Waals surface area contributed by atoms with Crippen molar-refractivity contribution >= 4 is 5.91 Å². The summed E-state index contributed by atoms with van der Waals surface area (Å²) in [5, 5.41) is 18.2. The van der Waals surface area contributed by atoms with E-state index in [-0.39, 0.29) is 24.0 Å². The molecule has 184 valence electrons. The lowest BCUT2D eigenvalue weighted by Gasteiger charge is -2.27. The van der Waals surface area contributed by atoms with E-state index in [1.165, 1.54) is 12.1 Å². The minimum absolute atomic E-state index is 0.0947. The maximum Gasteiger partial charge on any atom is 0.273 e. The van der Waals surface area contributed by atoms with Crippen LogP contribution in [0, 0.1) is 19.7 Å². The van der Waals surface area contributed by atoms with Gasteiger partial charge in [0.2, 0.25) is 0 Å². The molecule has 0 saturated carbocycles. The summed E-state index contributed by atoms with van der Waals surface area (Å²) in [6.45, 7) is 4.06. The van der Waals surface area contributed by atoms with Crippen molar-refractivity contribution < 1.29 is 23.8 Å². The van der Waals surface area contributed by atoms with Gasteiger partial charge in [0.25, 0.3) is 5.91 Å². The second-order valence-corrected chi connectivity index (χ2v) is 8.91. The smallest absolute Gasteiger partial charge is 0.273 e. The molecule has 0 radical (unpaired) electrons. The van der Waals surface area contributed by atoms with Gasteiger partial charge in [-0.05, 0) is 66.4 Å². The highest BCUT2D eigenvalue weighted by Gasteiger charge is 2.43. The number of ether oxygens (including phenoxy) is 2.